The van der Waals surface area contributed by atoms with E-state index >= 15 is 0 Å². The summed E-state index contributed by atoms with van der Waals surface area (Å²) in [7, 11) is 0. The molecule has 0 aliphatic carbocycles. The molecule has 21 heavy (non-hydrogen) atoms. The summed E-state index contributed by atoms with van der Waals surface area (Å²) in [4.78, 5) is 22.2. The van der Waals surface area contributed by atoms with Crippen LogP contribution in [0.3, 0.4) is 0 Å². The van der Waals surface area contributed by atoms with Gasteiger partial charge in [-0.25, -0.2) is 18.7 Å². The van der Waals surface area contributed by atoms with Crippen molar-refractivity contribution in [2.45, 2.75) is 0 Å². The van der Waals surface area contributed by atoms with Crippen molar-refractivity contribution >= 4 is 34.1 Å². The molecule has 2 aromatic heterocycles. The average Bonchev–Trinajstić information content (AvgIpc) is 2.82. The normalized spacial score (nSPS) is 10.8. The zero-order valence-corrected chi connectivity index (χ0v) is 11.1. The van der Waals surface area contributed by atoms with Gasteiger partial charge in [-0.05, 0) is 6.07 Å². The molecule has 2 N–H and O–H groups in total. The molecule has 3 aromatic rings. The molecular formula is C13H7ClF2N4O. The summed E-state index contributed by atoms with van der Waals surface area (Å²) in [5, 5.41) is 3.17. The first-order valence-corrected chi connectivity index (χ1v) is 6.17. The zero-order chi connectivity index (χ0) is 15.0. The maximum atomic E-state index is 13.3. The second-order valence-corrected chi connectivity index (χ2v) is 4.63. The van der Waals surface area contributed by atoms with E-state index < -0.39 is 17.5 Å². The van der Waals surface area contributed by atoms with E-state index in [2.05, 4.69) is 20.3 Å². The van der Waals surface area contributed by atoms with Crippen LogP contribution < -0.4 is 5.32 Å². The topological polar surface area (TPSA) is 70.7 Å². The predicted octanol–water partition coefficient (Wildman–Crippen LogP) is 3.14. The number of benzene rings is 1. The van der Waals surface area contributed by atoms with Crippen molar-refractivity contribution in [1.29, 1.82) is 0 Å². The fourth-order valence-electron chi connectivity index (χ4n) is 1.83. The number of carbonyl (C=O) groups excluding carboxylic acids is 1. The number of hydrogen-bond acceptors (Lipinski definition) is 3. The van der Waals surface area contributed by atoms with Gasteiger partial charge >= 0.3 is 0 Å². The van der Waals surface area contributed by atoms with Gasteiger partial charge in [-0.1, -0.05) is 11.6 Å². The summed E-state index contributed by atoms with van der Waals surface area (Å²) in [6, 6.07) is 2.01. The van der Waals surface area contributed by atoms with Gasteiger partial charge in [-0.15, -0.1) is 0 Å². The van der Waals surface area contributed by atoms with Crippen LogP contribution in [0.25, 0.3) is 10.9 Å². The van der Waals surface area contributed by atoms with Gasteiger partial charge in [0, 0.05) is 30.0 Å². The SMILES string of the molecule is O=C(Nc1c[nH]c2cc(F)c(F)cc12)c1ncc(Cl)cn1. The fraction of sp³-hybridized carbons (Fsp3) is 0. The van der Waals surface area contributed by atoms with E-state index in [1.807, 2.05) is 0 Å². The molecular weight excluding hydrogens is 302 g/mol. The smallest absolute Gasteiger partial charge is 0.293 e. The molecule has 2 heterocycles. The van der Waals surface area contributed by atoms with Crippen molar-refractivity contribution in [3.63, 3.8) is 0 Å². The molecule has 1 aromatic carbocycles. The maximum absolute atomic E-state index is 13.3. The fourth-order valence-corrected chi connectivity index (χ4v) is 1.93. The van der Waals surface area contributed by atoms with Crippen LogP contribution in [-0.2, 0) is 0 Å². The lowest BCUT2D eigenvalue weighted by Gasteiger charge is -2.03. The lowest BCUT2D eigenvalue weighted by Crippen LogP contribution is -2.15. The highest BCUT2D eigenvalue weighted by Crippen LogP contribution is 2.25. The number of rotatable bonds is 2. The molecule has 0 bridgehead atoms. The van der Waals surface area contributed by atoms with E-state index in [1.54, 1.807) is 0 Å². The largest absolute Gasteiger partial charge is 0.359 e. The van der Waals surface area contributed by atoms with Crippen LogP contribution in [0.15, 0.2) is 30.7 Å². The van der Waals surface area contributed by atoms with Crippen LogP contribution in [0.4, 0.5) is 14.5 Å². The predicted molar refractivity (Wildman–Crippen MR) is 73.2 cm³/mol. The molecule has 0 spiro atoms. The summed E-state index contributed by atoms with van der Waals surface area (Å²) >= 11 is 5.63. The molecule has 0 atom stereocenters. The Bertz CT molecular complexity index is 832. The van der Waals surface area contributed by atoms with Gasteiger partial charge in [0.05, 0.1) is 16.2 Å². The Morgan fingerprint density at radius 1 is 1.19 bits per heavy atom. The number of H-pyrrole nitrogens is 1. The van der Waals surface area contributed by atoms with Gasteiger partial charge in [0.15, 0.2) is 11.6 Å². The van der Waals surface area contributed by atoms with Crippen molar-refractivity contribution in [2.24, 2.45) is 0 Å². The third-order valence-corrected chi connectivity index (χ3v) is 2.99. The third-order valence-electron chi connectivity index (χ3n) is 2.79. The Hall–Kier alpha value is -2.54. The summed E-state index contributed by atoms with van der Waals surface area (Å²) in [6.45, 7) is 0. The van der Waals surface area contributed by atoms with Crippen molar-refractivity contribution in [3.05, 3.63) is 53.2 Å². The van der Waals surface area contributed by atoms with Crippen LogP contribution in [0.1, 0.15) is 10.6 Å². The monoisotopic (exact) mass is 308 g/mol. The van der Waals surface area contributed by atoms with Gasteiger partial charge in [0.2, 0.25) is 5.82 Å². The quantitative estimate of drug-likeness (QED) is 0.764. The van der Waals surface area contributed by atoms with E-state index in [1.165, 1.54) is 18.6 Å². The van der Waals surface area contributed by atoms with E-state index in [4.69, 9.17) is 11.6 Å². The van der Waals surface area contributed by atoms with Gasteiger partial charge in [-0.3, -0.25) is 4.79 Å². The molecule has 106 valence electrons. The second kappa shape index (κ2) is 5.10. The molecule has 0 unspecified atom stereocenters. The minimum absolute atomic E-state index is 0.0867. The molecule has 0 aliphatic rings. The van der Waals surface area contributed by atoms with Gasteiger partial charge in [0.25, 0.3) is 5.91 Å². The number of hydrogen-bond donors (Lipinski definition) is 2. The first kappa shape index (κ1) is 13.4. The van der Waals surface area contributed by atoms with Crippen LogP contribution in [0, 0.1) is 11.6 Å². The maximum Gasteiger partial charge on any atom is 0.293 e. The number of amides is 1. The van der Waals surface area contributed by atoms with E-state index in [-0.39, 0.29) is 5.82 Å². The van der Waals surface area contributed by atoms with Crippen molar-refractivity contribution < 1.29 is 13.6 Å². The molecule has 0 aliphatic heterocycles. The minimum Gasteiger partial charge on any atom is -0.359 e. The molecule has 0 saturated heterocycles. The second-order valence-electron chi connectivity index (χ2n) is 4.19. The number of nitrogens with zero attached hydrogens (tertiary/aromatic N) is 2. The molecule has 8 heteroatoms. The summed E-state index contributed by atoms with van der Waals surface area (Å²) in [5.41, 5.74) is 0.661. The average molecular weight is 309 g/mol. The number of halogens is 3. The highest BCUT2D eigenvalue weighted by Gasteiger charge is 2.14. The first-order valence-electron chi connectivity index (χ1n) is 5.79. The molecule has 0 radical (unpaired) electrons. The van der Waals surface area contributed by atoms with Crippen molar-refractivity contribution in [1.82, 2.24) is 15.0 Å². The van der Waals surface area contributed by atoms with Gasteiger partial charge in [-0.2, -0.15) is 0 Å². The van der Waals surface area contributed by atoms with Gasteiger partial charge in [0.1, 0.15) is 0 Å². The van der Waals surface area contributed by atoms with Crippen LogP contribution in [0.2, 0.25) is 5.02 Å². The Morgan fingerprint density at radius 3 is 2.57 bits per heavy atom. The number of aromatic amines is 1. The highest BCUT2D eigenvalue weighted by atomic mass is 35.5. The minimum atomic E-state index is -1.000. The van der Waals surface area contributed by atoms with E-state index in [9.17, 15) is 13.6 Å². The summed E-state index contributed by atoms with van der Waals surface area (Å²) in [6.07, 6.45) is 4.00. The summed E-state index contributed by atoms with van der Waals surface area (Å²) < 4.78 is 26.4. The molecule has 3 rings (SSSR count). The molecule has 0 saturated carbocycles. The number of fused-ring (bicyclic) bond motifs is 1. The van der Waals surface area contributed by atoms with E-state index in [0.29, 0.717) is 21.6 Å². The Morgan fingerprint density at radius 2 is 1.86 bits per heavy atom. The Balaban J connectivity index is 1.93. The number of nitrogens with one attached hydrogen (secondary N) is 2. The number of anilines is 1. The van der Waals surface area contributed by atoms with Crippen LogP contribution in [0.5, 0.6) is 0 Å². The van der Waals surface area contributed by atoms with Crippen molar-refractivity contribution in [3.8, 4) is 0 Å². The standard InChI is InChI=1S/C13H7ClF2N4O/c14-6-3-18-12(19-4-6)13(21)20-11-5-17-10-2-9(16)8(15)1-7(10)11/h1-5,17H,(H,20,21). The van der Waals surface area contributed by atoms with Crippen molar-refractivity contribution in [2.75, 3.05) is 5.32 Å². The lowest BCUT2D eigenvalue weighted by atomic mass is 10.2. The Labute approximate surface area is 122 Å². The lowest BCUT2D eigenvalue weighted by molar-refractivity contribution is 0.101. The zero-order valence-electron chi connectivity index (χ0n) is 10.3. The Kier molecular flexibility index (Phi) is 3.26. The van der Waals surface area contributed by atoms with Crippen LogP contribution in [-0.4, -0.2) is 20.9 Å². The number of aromatic nitrogens is 3. The molecule has 5 nitrogen and oxygen atoms in total. The highest BCUT2D eigenvalue weighted by molar-refractivity contribution is 6.30. The van der Waals surface area contributed by atoms with Gasteiger partial charge < -0.3 is 10.3 Å². The molecule has 0 fully saturated rings. The van der Waals surface area contributed by atoms with E-state index in [0.717, 1.165) is 12.1 Å². The summed E-state index contributed by atoms with van der Waals surface area (Å²) in [5.74, 6) is -2.64. The molecule has 1 amide bonds. The number of carbonyl (C=O) groups is 1. The van der Waals surface area contributed by atoms with Crippen LogP contribution >= 0.6 is 11.6 Å². The third kappa shape index (κ3) is 2.55. The first-order chi connectivity index (χ1) is 10.0.